The number of thiophene rings is 1. The fourth-order valence-corrected chi connectivity index (χ4v) is 3.89. The van der Waals surface area contributed by atoms with E-state index < -0.39 is 0 Å². The molecule has 2 unspecified atom stereocenters. The summed E-state index contributed by atoms with van der Waals surface area (Å²) in [5.74, 6) is 0.626. The lowest BCUT2D eigenvalue weighted by Gasteiger charge is -2.31. The van der Waals surface area contributed by atoms with Crippen LogP contribution in [0.4, 0.5) is 0 Å². The Morgan fingerprint density at radius 2 is 2.47 bits per heavy atom. The Kier molecular flexibility index (Phi) is 5.48. The van der Waals surface area contributed by atoms with E-state index in [1.54, 1.807) is 11.3 Å². The van der Waals surface area contributed by atoms with Gasteiger partial charge in [-0.2, -0.15) is 0 Å². The highest BCUT2D eigenvalue weighted by atomic mass is 79.9. The lowest BCUT2D eigenvalue weighted by molar-refractivity contribution is -0.0255. The van der Waals surface area contributed by atoms with Crippen LogP contribution < -0.4 is 5.32 Å². The van der Waals surface area contributed by atoms with Gasteiger partial charge in [0.1, 0.15) is 0 Å². The second-order valence-corrected chi connectivity index (χ2v) is 6.42. The average molecular weight is 318 g/mol. The van der Waals surface area contributed by atoms with Gasteiger partial charge in [0.15, 0.2) is 0 Å². The molecule has 2 rings (SSSR count). The lowest BCUT2D eigenvalue weighted by atomic mass is 9.93. The first-order valence-corrected chi connectivity index (χ1v) is 8.04. The van der Waals surface area contributed by atoms with Crippen LogP contribution in [0.2, 0.25) is 0 Å². The van der Waals surface area contributed by atoms with Crippen molar-refractivity contribution in [3.8, 4) is 0 Å². The number of rotatable bonds is 5. The van der Waals surface area contributed by atoms with Gasteiger partial charge in [-0.25, -0.2) is 0 Å². The first-order chi connectivity index (χ1) is 8.31. The van der Waals surface area contributed by atoms with Crippen LogP contribution in [-0.2, 0) is 4.74 Å². The second kappa shape index (κ2) is 6.88. The molecular formula is C13H20BrNOS. The van der Waals surface area contributed by atoms with Crippen molar-refractivity contribution in [2.75, 3.05) is 19.7 Å². The number of nitrogens with one attached hydrogen (secondary N) is 1. The summed E-state index contributed by atoms with van der Waals surface area (Å²) in [5, 5.41) is 5.67. The molecule has 2 atom stereocenters. The van der Waals surface area contributed by atoms with Crippen molar-refractivity contribution >= 4 is 27.3 Å². The zero-order valence-corrected chi connectivity index (χ0v) is 12.6. The molecule has 1 aromatic heterocycles. The van der Waals surface area contributed by atoms with Gasteiger partial charge in [0, 0.05) is 33.8 Å². The van der Waals surface area contributed by atoms with Crippen LogP contribution in [0.3, 0.4) is 0 Å². The largest absolute Gasteiger partial charge is 0.372 e. The summed E-state index contributed by atoms with van der Waals surface area (Å²) in [6.45, 7) is 5.30. The van der Waals surface area contributed by atoms with Crippen LogP contribution in [0.5, 0.6) is 0 Å². The van der Waals surface area contributed by atoms with E-state index in [0.717, 1.165) is 19.7 Å². The Hall–Kier alpha value is 0.1000. The standard InChI is InChI=1S/C13H20BrNOS/c1-2-5-15-8-10-4-3-6-16-13(10)12-7-11(14)9-17-12/h7,9-10,13,15H,2-6,8H2,1H3. The third kappa shape index (κ3) is 3.78. The molecule has 1 N–H and O–H groups in total. The highest BCUT2D eigenvalue weighted by Crippen LogP contribution is 2.37. The van der Waals surface area contributed by atoms with E-state index in [4.69, 9.17) is 4.74 Å². The van der Waals surface area contributed by atoms with Gasteiger partial charge in [0.25, 0.3) is 0 Å². The third-order valence-corrected chi connectivity index (χ3v) is 4.90. The van der Waals surface area contributed by atoms with E-state index in [2.05, 4.69) is 39.6 Å². The van der Waals surface area contributed by atoms with E-state index >= 15 is 0 Å². The first kappa shape index (κ1) is 13.5. The fraction of sp³-hybridized carbons (Fsp3) is 0.692. The quantitative estimate of drug-likeness (QED) is 0.829. The van der Waals surface area contributed by atoms with Gasteiger partial charge in [-0.3, -0.25) is 0 Å². The van der Waals surface area contributed by atoms with Gasteiger partial charge in [-0.1, -0.05) is 6.92 Å². The van der Waals surface area contributed by atoms with Gasteiger partial charge in [-0.15, -0.1) is 11.3 Å². The Morgan fingerprint density at radius 1 is 1.59 bits per heavy atom. The first-order valence-electron chi connectivity index (χ1n) is 6.37. The summed E-state index contributed by atoms with van der Waals surface area (Å²) in [4.78, 5) is 1.36. The molecule has 96 valence electrons. The molecule has 1 fully saturated rings. The zero-order chi connectivity index (χ0) is 12.1. The number of hydrogen-bond acceptors (Lipinski definition) is 3. The summed E-state index contributed by atoms with van der Waals surface area (Å²) in [5.41, 5.74) is 0. The van der Waals surface area contributed by atoms with Crippen molar-refractivity contribution in [3.63, 3.8) is 0 Å². The molecule has 2 nitrogen and oxygen atoms in total. The van der Waals surface area contributed by atoms with E-state index in [1.807, 2.05) is 0 Å². The molecule has 2 heterocycles. The molecule has 17 heavy (non-hydrogen) atoms. The fourth-order valence-electron chi connectivity index (χ4n) is 2.31. The number of halogens is 1. The van der Waals surface area contributed by atoms with Crippen molar-refractivity contribution < 1.29 is 4.74 Å². The predicted molar refractivity (Wildman–Crippen MR) is 76.6 cm³/mol. The molecule has 1 aliphatic heterocycles. The minimum Gasteiger partial charge on any atom is -0.372 e. The van der Waals surface area contributed by atoms with Gasteiger partial charge in [-0.05, 0) is 47.8 Å². The zero-order valence-electron chi connectivity index (χ0n) is 10.2. The maximum absolute atomic E-state index is 5.97. The highest BCUT2D eigenvalue weighted by Gasteiger charge is 2.28. The normalized spacial score (nSPS) is 25.1. The van der Waals surface area contributed by atoms with Gasteiger partial charge >= 0.3 is 0 Å². The van der Waals surface area contributed by atoms with Crippen LogP contribution in [0.1, 0.15) is 37.2 Å². The molecule has 0 aliphatic carbocycles. The molecule has 1 aromatic rings. The topological polar surface area (TPSA) is 21.3 Å². The molecular weight excluding hydrogens is 298 g/mol. The van der Waals surface area contributed by atoms with Crippen LogP contribution in [-0.4, -0.2) is 19.7 Å². The monoisotopic (exact) mass is 317 g/mol. The Bertz CT molecular complexity index is 342. The smallest absolute Gasteiger partial charge is 0.0957 e. The van der Waals surface area contributed by atoms with Crippen molar-refractivity contribution in [1.82, 2.24) is 5.32 Å². The van der Waals surface area contributed by atoms with Gasteiger partial charge in [0.2, 0.25) is 0 Å². The molecule has 0 spiro atoms. The summed E-state index contributed by atoms with van der Waals surface area (Å²) < 4.78 is 7.14. The highest BCUT2D eigenvalue weighted by molar-refractivity contribution is 9.10. The van der Waals surface area contributed by atoms with Crippen LogP contribution in [0.25, 0.3) is 0 Å². The second-order valence-electron chi connectivity index (χ2n) is 4.57. The lowest BCUT2D eigenvalue weighted by Crippen LogP contribution is -2.31. The third-order valence-electron chi connectivity index (χ3n) is 3.15. The summed E-state index contributed by atoms with van der Waals surface area (Å²) >= 11 is 5.32. The molecule has 0 aromatic carbocycles. The van der Waals surface area contributed by atoms with Crippen LogP contribution in [0.15, 0.2) is 15.9 Å². The predicted octanol–water partition coefficient (Wildman–Crippen LogP) is 3.98. The van der Waals surface area contributed by atoms with E-state index in [-0.39, 0.29) is 0 Å². The van der Waals surface area contributed by atoms with Gasteiger partial charge < -0.3 is 10.1 Å². The number of hydrogen-bond donors (Lipinski definition) is 1. The Balaban J connectivity index is 1.96. The minimum atomic E-state index is 0.296. The van der Waals surface area contributed by atoms with Crippen molar-refractivity contribution in [1.29, 1.82) is 0 Å². The SMILES string of the molecule is CCCNCC1CCCOC1c1cc(Br)cs1. The van der Waals surface area contributed by atoms with Gasteiger partial charge in [0.05, 0.1) is 6.10 Å². The molecule has 1 saturated heterocycles. The van der Waals surface area contributed by atoms with Crippen molar-refractivity contribution in [2.45, 2.75) is 32.3 Å². The van der Waals surface area contributed by atoms with Crippen LogP contribution in [0, 0.1) is 5.92 Å². The molecule has 1 aliphatic rings. The Labute approximate surface area is 116 Å². The molecule has 0 amide bonds. The average Bonchev–Trinajstić information content (AvgIpc) is 2.77. The van der Waals surface area contributed by atoms with E-state index in [9.17, 15) is 0 Å². The van der Waals surface area contributed by atoms with E-state index in [1.165, 1.54) is 28.6 Å². The minimum absolute atomic E-state index is 0.296. The van der Waals surface area contributed by atoms with Crippen molar-refractivity contribution in [3.05, 3.63) is 20.8 Å². The summed E-state index contributed by atoms with van der Waals surface area (Å²) in [6.07, 6.45) is 3.96. The molecule has 0 saturated carbocycles. The maximum Gasteiger partial charge on any atom is 0.0957 e. The van der Waals surface area contributed by atoms with Crippen molar-refractivity contribution in [2.24, 2.45) is 5.92 Å². The summed E-state index contributed by atoms with van der Waals surface area (Å²) in [7, 11) is 0. The molecule has 0 radical (unpaired) electrons. The summed E-state index contributed by atoms with van der Waals surface area (Å²) in [6, 6.07) is 2.20. The van der Waals surface area contributed by atoms with E-state index in [0.29, 0.717) is 12.0 Å². The molecule has 0 bridgehead atoms. The molecule has 4 heteroatoms. The number of ether oxygens (including phenoxy) is 1. The maximum atomic E-state index is 5.97. The Morgan fingerprint density at radius 3 is 3.18 bits per heavy atom. The van der Waals surface area contributed by atoms with Crippen LogP contribution >= 0.6 is 27.3 Å².